The molecule has 5 nitrogen and oxygen atoms in total. The third-order valence-corrected chi connectivity index (χ3v) is 2.86. The molecule has 0 aliphatic carbocycles. The largest absolute Gasteiger partial charge is 0.465 e. The normalized spacial score (nSPS) is 17.9. The lowest BCUT2D eigenvalue weighted by Gasteiger charge is -2.36. The van der Waals surface area contributed by atoms with Gasteiger partial charge in [-0.05, 0) is 24.1 Å². The van der Waals surface area contributed by atoms with E-state index in [4.69, 9.17) is 10.4 Å². The molecular weight excluding hydrogens is 218 g/mol. The molecule has 1 aliphatic rings. The summed E-state index contributed by atoms with van der Waals surface area (Å²) in [4.78, 5) is 12.5. The molecule has 0 bridgehead atoms. The second kappa shape index (κ2) is 4.85. The second-order valence-electron chi connectivity index (χ2n) is 3.98. The van der Waals surface area contributed by atoms with Crippen molar-refractivity contribution in [3.05, 3.63) is 35.4 Å². The number of carbonyl (C=O) groups is 1. The van der Waals surface area contributed by atoms with Crippen LogP contribution < -0.4 is 5.32 Å². The predicted molar refractivity (Wildman–Crippen MR) is 61.1 cm³/mol. The van der Waals surface area contributed by atoms with Gasteiger partial charge in [0.2, 0.25) is 0 Å². The van der Waals surface area contributed by atoms with E-state index in [1.165, 1.54) is 4.90 Å². The Bertz CT molecular complexity index is 446. The van der Waals surface area contributed by atoms with Crippen molar-refractivity contribution < 1.29 is 9.90 Å². The molecule has 1 aromatic carbocycles. The molecule has 1 atom stereocenters. The molecule has 1 saturated heterocycles. The van der Waals surface area contributed by atoms with Crippen LogP contribution in [-0.2, 0) is 6.54 Å². The number of carboxylic acid groups (broad SMARTS) is 1. The monoisotopic (exact) mass is 231 g/mol. The molecule has 2 rings (SSSR count). The van der Waals surface area contributed by atoms with Gasteiger partial charge in [0.25, 0.3) is 0 Å². The lowest BCUT2D eigenvalue weighted by molar-refractivity contribution is 0.0831. The topological polar surface area (TPSA) is 76.4 Å². The Morgan fingerprint density at radius 3 is 2.59 bits per heavy atom. The zero-order chi connectivity index (χ0) is 12.3. The molecule has 1 fully saturated rings. The van der Waals surface area contributed by atoms with E-state index < -0.39 is 6.09 Å². The quantitative estimate of drug-likeness (QED) is 0.823. The van der Waals surface area contributed by atoms with E-state index in [0.717, 1.165) is 18.5 Å². The van der Waals surface area contributed by atoms with E-state index >= 15 is 0 Å². The van der Waals surface area contributed by atoms with Crippen molar-refractivity contribution in [2.24, 2.45) is 0 Å². The van der Waals surface area contributed by atoms with Gasteiger partial charge in [-0.25, -0.2) is 4.79 Å². The van der Waals surface area contributed by atoms with Gasteiger partial charge in [0, 0.05) is 6.54 Å². The molecule has 1 amide bonds. The van der Waals surface area contributed by atoms with Crippen molar-refractivity contribution in [3.63, 3.8) is 0 Å². The molecule has 5 heteroatoms. The van der Waals surface area contributed by atoms with Gasteiger partial charge in [-0.1, -0.05) is 12.1 Å². The fourth-order valence-corrected chi connectivity index (χ4v) is 1.73. The van der Waals surface area contributed by atoms with E-state index in [1.54, 1.807) is 24.3 Å². The summed E-state index contributed by atoms with van der Waals surface area (Å²) in [5.74, 6) is 0. The van der Waals surface area contributed by atoms with Crippen LogP contribution in [0.2, 0.25) is 0 Å². The molecule has 0 aromatic heterocycles. The van der Waals surface area contributed by atoms with Crippen molar-refractivity contribution >= 4 is 6.09 Å². The van der Waals surface area contributed by atoms with Crippen molar-refractivity contribution in [2.75, 3.05) is 6.54 Å². The standard InChI is InChI=1S/C12H13N3O2/c13-7-9-1-3-10(4-2-9)8-15(12(16)17)11-5-6-14-11/h1-4,11,14H,5-6,8H2,(H,16,17)/t11-/m0/s1. The summed E-state index contributed by atoms with van der Waals surface area (Å²) in [6, 6.07) is 9.00. The molecule has 88 valence electrons. The van der Waals surface area contributed by atoms with Gasteiger partial charge in [-0.3, -0.25) is 10.2 Å². The molecular formula is C12H13N3O2. The number of nitrogens with one attached hydrogen (secondary N) is 1. The zero-order valence-electron chi connectivity index (χ0n) is 9.26. The number of nitriles is 1. The Hall–Kier alpha value is -2.06. The maximum absolute atomic E-state index is 11.1. The van der Waals surface area contributed by atoms with Crippen molar-refractivity contribution in [1.82, 2.24) is 10.2 Å². The Labute approximate surface area is 99.3 Å². The second-order valence-corrected chi connectivity index (χ2v) is 3.98. The van der Waals surface area contributed by atoms with Crippen LogP contribution in [-0.4, -0.2) is 28.8 Å². The van der Waals surface area contributed by atoms with E-state index in [1.807, 2.05) is 6.07 Å². The summed E-state index contributed by atoms with van der Waals surface area (Å²) in [5, 5.41) is 20.8. The Balaban J connectivity index is 2.06. The van der Waals surface area contributed by atoms with Crippen LogP contribution >= 0.6 is 0 Å². The molecule has 0 unspecified atom stereocenters. The number of amides is 1. The minimum Gasteiger partial charge on any atom is -0.465 e. The highest BCUT2D eigenvalue weighted by Crippen LogP contribution is 2.14. The van der Waals surface area contributed by atoms with E-state index in [-0.39, 0.29) is 6.17 Å². The van der Waals surface area contributed by atoms with Gasteiger partial charge in [0.15, 0.2) is 0 Å². The highest BCUT2D eigenvalue weighted by Gasteiger charge is 2.27. The lowest BCUT2D eigenvalue weighted by atomic mass is 10.1. The van der Waals surface area contributed by atoms with Crippen LogP contribution in [0.25, 0.3) is 0 Å². The molecule has 1 aliphatic heterocycles. The number of benzene rings is 1. The average molecular weight is 231 g/mol. The van der Waals surface area contributed by atoms with Crippen molar-refractivity contribution in [3.8, 4) is 6.07 Å². The highest BCUT2D eigenvalue weighted by molar-refractivity contribution is 5.65. The predicted octanol–water partition coefficient (Wildman–Crippen LogP) is 1.36. The third-order valence-electron chi connectivity index (χ3n) is 2.86. The summed E-state index contributed by atoms with van der Waals surface area (Å²) in [5.41, 5.74) is 1.47. The molecule has 1 heterocycles. The molecule has 2 N–H and O–H groups in total. The average Bonchev–Trinajstić information content (AvgIpc) is 2.26. The third kappa shape index (κ3) is 2.55. The maximum atomic E-state index is 11.1. The molecule has 1 aromatic rings. The van der Waals surface area contributed by atoms with Crippen LogP contribution in [0.1, 0.15) is 17.5 Å². The minimum absolute atomic E-state index is 0.0804. The van der Waals surface area contributed by atoms with E-state index in [9.17, 15) is 4.79 Å². The first-order valence-corrected chi connectivity index (χ1v) is 5.42. The smallest absolute Gasteiger partial charge is 0.408 e. The Morgan fingerprint density at radius 1 is 1.53 bits per heavy atom. The minimum atomic E-state index is -0.924. The molecule has 17 heavy (non-hydrogen) atoms. The van der Waals surface area contributed by atoms with Crippen LogP contribution in [0.4, 0.5) is 4.79 Å². The first-order chi connectivity index (χ1) is 8.20. The van der Waals surface area contributed by atoms with Crippen LogP contribution in [0.15, 0.2) is 24.3 Å². The van der Waals surface area contributed by atoms with E-state index in [0.29, 0.717) is 12.1 Å². The van der Waals surface area contributed by atoms with Gasteiger partial charge in [0.1, 0.15) is 0 Å². The summed E-state index contributed by atoms with van der Waals surface area (Å²) >= 11 is 0. The number of hydrogen-bond acceptors (Lipinski definition) is 3. The lowest BCUT2D eigenvalue weighted by Crippen LogP contribution is -2.56. The first kappa shape index (κ1) is 11.4. The highest BCUT2D eigenvalue weighted by atomic mass is 16.4. The van der Waals surface area contributed by atoms with Gasteiger partial charge in [0.05, 0.1) is 24.3 Å². The summed E-state index contributed by atoms with van der Waals surface area (Å²) in [6.07, 6.45) is -0.155. The first-order valence-electron chi connectivity index (χ1n) is 5.42. The van der Waals surface area contributed by atoms with Crippen LogP contribution in [0.3, 0.4) is 0 Å². The number of rotatable bonds is 3. The van der Waals surface area contributed by atoms with Gasteiger partial charge >= 0.3 is 6.09 Å². The number of hydrogen-bond donors (Lipinski definition) is 2. The van der Waals surface area contributed by atoms with Crippen LogP contribution in [0, 0.1) is 11.3 Å². The van der Waals surface area contributed by atoms with Gasteiger partial charge in [-0.15, -0.1) is 0 Å². The summed E-state index contributed by atoms with van der Waals surface area (Å²) < 4.78 is 0. The van der Waals surface area contributed by atoms with Crippen molar-refractivity contribution in [2.45, 2.75) is 19.1 Å². The molecule has 0 radical (unpaired) electrons. The molecule has 0 saturated carbocycles. The van der Waals surface area contributed by atoms with Gasteiger partial charge < -0.3 is 5.11 Å². The molecule has 0 spiro atoms. The SMILES string of the molecule is N#Cc1ccc(CN(C(=O)O)[C@H]2CCN2)cc1. The Kier molecular flexibility index (Phi) is 3.26. The fourth-order valence-electron chi connectivity index (χ4n) is 1.73. The van der Waals surface area contributed by atoms with E-state index in [2.05, 4.69) is 5.32 Å². The summed E-state index contributed by atoms with van der Waals surface area (Å²) in [7, 11) is 0. The number of nitrogens with zero attached hydrogens (tertiary/aromatic N) is 2. The maximum Gasteiger partial charge on any atom is 0.408 e. The zero-order valence-corrected chi connectivity index (χ0v) is 9.26. The van der Waals surface area contributed by atoms with Crippen molar-refractivity contribution in [1.29, 1.82) is 5.26 Å². The van der Waals surface area contributed by atoms with Crippen LogP contribution in [0.5, 0.6) is 0 Å². The fraction of sp³-hybridized carbons (Fsp3) is 0.333. The summed E-state index contributed by atoms with van der Waals surface area (Å²) in [6.45, 7) is 1.21. The Morgan fingerprint density at radius 2 is 2.18 bits per heavy atom. The van der Waals surface area contributed by atoms with Gasteiger partial charge in [-0.2, -0.15) is 5.26 Å².